The molecule has 7 heteroatoms. The number of aromatic nitrogens is 2. The zero-order valence-electron chi connectivity index (χ0n) is 20.5. The van der Waals surface area contributed by atoms with Gasteiger partial charge in [-0.05, 0) is 80.8 Å². The molecule has 2 aliphatic heterocycles. The monoisotopic (exact) mass is 475 g/mol. The summed E-state index contributed by atoms with van der Waals surface area (Å²) in [4.78, 5) is 13.5. The average Bonchev–Trinajstić information content (AvgIpc) is 3.17. The maximum Gasteiger partial charge on any atom is 0.306 e. The fourth-order valence-electron chi connectivity index (χ4n) is 5.02. The summed E-state index contributed by atoms with van der Waals surface area (Å²) in [5.41, 5.74) is 5.60. The molecular formula is C28H33N3O4. The Morgan fingerprint density at radius 1 is 1.20 bits per heavy atom. The van der Waals surface area contributed by atoms with E-state index in [1.54, 1.807) is 0 Å². The molecule has 3 aromatic rings. The molecule has 35 heavy (non-hydrogen) atoms. The fourth-order valence-corrected chi connectivity index (χ4v) is 5.02. The van der Waals surface area contributed by atoms with Crippen LogP contribution in [0.3, 0.4) is 0 Å². The molecule has 0 radical (unpaired) electrons. The van der Waals surface area contributed by atoms with Crippen molar-refractivity contribution in [2.45, 2.75) is 46.3 Å². The average molecular weight is 476 g/mol. The topological polar surface area (TPSA) is 76.8 Å². The third kappa shape index (κ3) is 5.20. The predicted octanol–water partition coefficient (Wildman–Crippen LogP) is 4.91. The third-order valence-electron chi connectivity index (χ3n) is 6.96. The fraction of sp³-hybridized carbons (Fsp3) is 0.429. The number of hydrogen-bond acceptors (Lipinski definition) is 5. The zero-order valence-corrected chi connectivity index (χ0v) is 20.5. The molecule has 0 aliphatic carbocycles. The van der Waals surface area contributed by atoms with Crippen molar-refractivity contribution in [3.8, 4) is 11.5 Å². The van der Waals surface area contributed by atoms with Crippen molar-refractivity contribution in [3.63, 3.8) is 0 Å². The van der Waals surface area contributed by atoms with Crippen molar-refractivity contribution in [2.24, 2.45) is 5.92 Å². The normalized spacial score (nSPS) is 16.6. The molecule has 1 N–H and O–H groups in total. The number of aryl methyl sites for hydroxylation is 2. The molecule has 7 nitrogen and oxygen atoms in total. The minimum atomic E-state index is -0.671. The van der Waals surface area contributed by atoms with Crippen LogP contribution in [0.5, 0.6) is 11.5 Å². The Morgan fingerprint density at radius 3 is 2.80 bits per heavy atom. The molecule has 1 saturated heterocycles. The lowest BCUT2D eigenvalue weighted by molar-refractivity contribution is -0.143. The zero-order chi connectivity index (χ0) is 24.4. The molecule has 0 spiro atoms. The van der Waals surface area contributed by atoms with Crippen molar-refractivity contribution < 1.29 is 19.4 Å². The maximum absolute atomic E-state index is 11.2. The molecule has 0 bridgehead atoms. The maximum atomic E-state index is 11.2. The molecule has 0 saturated carbocycles. The van der Waals surface area contributed by atoms with Gasteiger partial charge in [-0.2, -0.15) is 5.10 Å². The van der Waals surface area contributed by atoms with Crippen LogP contribution in [0.4, 0.5) is 0 Å². The lowest BCUT2D eigenvalue weighted by Gasteiger charge is -2.31. The van der Waals surface area contributed by atoms with Gasteiger partial charge in [0.2, 0.25) is 0 Å². The molecular weight excluding hydrogens is 442 g/mol. The highest BCUT2D eigenvalue weighted by Gasteiger charge is 2.25. The first-order valence-corrected chi connectivity index (χ1v) is 12.5. The molecule has 0 unspecified atom stereocenters. The molecule has 1 fully saturated rings. The van der Waals surface area contributed by atoms with Crippen LogP contribution in [0.15, 0.2) is 42.0 Å². The number of carboxylic acid groups (broad SMARTS) is 1. The molecule has 1 aromatic heterocycles. The number of aliphatic carboxylic acids is 1. The minimum absolute atomic E-state index is 0.202. The Hall–Kier alpha value is -3.32. The van der Waals surface area contributed by atoms with E-state index in [4.69, 9.17) is 9.47 Å². The Kier molecular flexibility index (Phi) is 6.77. The van der Waals surface area contributed by atoms with Gasteiger partial charge in [-0.25, -0.2) is 0 Å². The second-order valence-electron chi connectivity index (χ2n) is 9.63. The highest BCUT2D eigenvalue weighted by Crippen LogP contribution is 2.32. The van der Waals surface area contributed by atoms with Crippen molar-refractivity contribution in [1.82, 2.24) is 14.7 Å². The quantitative estimate of drug-likeness (QED) is 0.499. The summed E-state index contributed by atoms with van der Waals surface area (Å²) in [5.74, 6) is 0.750. The van der Waals surface area contributed by atoms with Crippen LogP contribution < -0.4 is 9.47 Å². The van der Waals surface area contributed by atoms with Gasteiger partial charge in [0, 0.05) is 30.1 Å². The Bertz CT molecular complexity index is 1250. The summed E-state index contributed by atoms with van der Waals surface area (Å²) < 4.78 is 14.2. The first-order chi connectivity index (χ1) is 17.0. The third-order valence-corrected chi connectivity index (χ3v) is 6.96. The van der Waals surface area contributed by atoms with Gasteiger partial charge >= 0.3 is 5.97 Å². The van der Waals surface area contributed by atoms with E-state index in [2.05, 4.69) is 52.8 Å². The first kappa shape index (κ1) is 23.4. The van der Waals surface area contributed by atoms with Gasteiger partial charge in [-0.15, -0.1) is 0 Å². The van der Waals surface area contributed by atoms with Crippen molar-refractivity contribution >= 4 is 22.9 Å². The van der Waals surface area contributed by atoms with E-state index in [1.807, 2.05) is 18.2 Å². The number of rotatable bonds is 8. The van der Waals surface area contributed by atoms with E-state index in [9.17, 15) is 9.90 Å². The summed E-state index contributed by atoms with van der Waals surface area (Å²) >= 11 is 0. The first-order valence-electron chi connectivity index (χ1n) is 12.5. The lowest BCUT2D eigenvalue weighted by Crippen LogP contribution is -2.38. The molecule has 2 aliphatic rings. The summed E-state index contributed by atoms with van der Waals surface area (Å²) in [6.45, 7) is 8.64. The summed E-state index contributed by atoms with van der Waals surface area (Å²) in [6, 6.07) is 12.4. The molecule has 184 valence electrons. The smallest absolute Gasteiger partial charge is 0.306 e. The van der Waals surface area contributed by atoms with Crippen LogP contribution in [0.1, 0.15) is 43.0 Å². The van der Waals surface area contributed by atoms with Crippen LogP contribution >= 0.6 is 0 Å². The van der Waals surface area contributed by atoms with Crippen molar-refractivity contribution in [2.75, 3.05) is 26.2 Å². The van der Waals surface area contributed by atoms with Gasteiger partial charge in [0.15, 0.2) is 0 Å². The number of nitrogens with zero attached hydrogens (tertiary/aromatic N) is 3. The number of fused-ring (bicyclic) bond motifs is 2. The number of ether oxygens (including phenoxy) is 2. The predicted molar refractivity (Wildman–Crippen MR) is 136 cm³/mol. The highest BCUT2D eigenvalue weighted by atomic mass is 16.5. The van der Waals surface area contributed by atoms with Crippen LogP contribution in [0.2, 0.25) is 0 Å². The van der Waals surface area contributed by atoms with E-state index in [1.165, 1.54) is 16.5 Å². The van der Waals surface area contributed by atoms with E-state index >= 15 is 0 Å². The number of benzene rings is 2. The van der Waals surface area contributed by atoms with Crippen molar-refractivity contribution in [3.05, 3.63) is 58.8 Å². The van der Waals surface area contributed by atoms with E-state index < -0.39 is 5.97 Å². The lowest BCUT2D eigenvalue weighted by atomic mass is 9.96. The Morgan fingerprint density at radius 2 is 2.03 bits per heavy atom. The van der Waals surface area contributed by atoms with E-state index in [-0.39, 0.29) is 5.92 Å². The van der Waals surface area contributed by atoms with Crippen LogP contribution in [0.25, 0.3) is 17.0 Å². The SMILES string of the molecule is CCCn1nc(C)c2cc(COc3ccc4c(c3)OCC(CN3CCC(C(=O)O)CC3)=C4)ccc21. The van der Waals surface area contributed by atoms with Crippen molar-refractivity contribution in [1.29, 1.82) is 0 Å². The van der Waals surface area contributed by atoms with Gasteiger partial charge in [-0.3, -0.25) is 14.4 Å². The van der Waals surface area contributed by atoms with Crippen LogP contribution in [-0.2, 0) is 17.9 Å². The standard InChI is InChI=1S/C28H33N3O4/c1-3-10-31-26-7-4-20(14-25(26)19(2)29-31)17-34-24-6-5-23-13-21(18-35-27(23)15-24)16-30-11-8-22(9-12-30)28(32)33/h4-7,13-15,22H,3,8-12,16-18H2,1-2H3,(H,32,33). The van der Waals surface area contributed by atoms with Gasteiger partial charge in [0.05, 0.1) is 17.1 Å². The minimum Gasteiger partial charge on any atom is -0.489 e. The van der Waals surface area contributed by atoms with Gasteiger partial charge < -0.3 is 14.6 Å². The summed E-state index contributed by atoms with van der Waals surface area (Å²) in [5, 5.41) is 15.0. The number of carboxylic acids is 1. The number of carbonyl (C=O) groups is 1. The Balaban J connectivity index is 1.20. The molecule has 0 atom stereocenters. The molecule has 5 rings (SSSR count). The number of piperidine rings is 1. The van der Waals surface area contributed by atoms with E-state index in [0.717, 1.165) is 60.9 Å². The highest BCUT2D eigenvalue weighted by molar-refractivity contribution is 5.82. The van der Waals surface area contributed by atoms with Gasteiger partial charge in [0.25, 0.3) is 0 Å². The molecule has 0 amide bonds. The summed E-state index contributed by atoms with van der Waals surface area (Å²) in [7, 11) is 0. The largest absolute Gasteiger partial charge is 0.489 e. The second-order valence-corrected chi connectivity index (χ2v) is 9.63. The second kappa shape index (κ2) is 10.1. The summed E-state index contributed by atoms with van der Waals surface area (Å²) in [6.07, 6.45) is 4.68. The van der Waals surface area contributed by atoms with Gasteiger partial charge in [-0.1, -0.05) is 13.0 Å². The van der Waals surface area contributed by atoms with Crippen LogP contribution in [0, 0.1) is 12.8 Å². The van der Waals surface area contributed by atoms with Gasteiger partial charge in [0.1, 0.15) is 24.7 Å². The Labute approximate surface area is 205 Å². The van der Waals surface area contributed by atoms with Crippen LogP contribution in [-0.4, -0.2) is 52.0 Å². The number of hydrogen-bond donors (Lipinski definition) is 1. The number of likely N-dealkylation sites (tertiary alicyclic amines) is 1. The van der Waals surface area contributed by atoms with E-state index in [0.29, 0.717) is 26.1 Å². The molecule has 3 heterocycles. The molecule has 2 aromatic carbocycles.